The van der Waals surface area contributed by atoms with Crippen molar-refractivity contribution in [2.24, 2.45) is 5.10 Å². The second kappa shape index (κ2) is 9.09. The minimum atomic E-state index is -0.514. The molecule has 0 atom stereocenters. The average molecular weight is 424 g/mol. The Kier molecular flexibility index (Phi) is 5.89. The van der Waals surface area contributed by atoms with Crippen LogP contribution in [0.2, 0.25) is 0 Å². The largest absolute Gasteiger partial charge is 0.507 e. The molecule has 4 rings (SSSR count). The summed E-state index contributed by atoms with van der Waals surface area (Å²) in [7, 11) is 0. The summed E-state index contributed by atoms with van der Waals surface area (Å²) in [4.78, 5) is 29.0. The molecule has 4 aromatic rings. The summed E-state index contributed by atoms with van der Waals surface area (Å²) in [5.74, 6) is -0.904. The number of carbonyl (C=O) groups excluding carboxylic acids is 2. The van der Waals surface area contributed by atoms with Crippen LogP contribution in [0.15, 0.2) is 90.3 Å². The predicted octanol–water partition coefficient (Wildman–Crippen LogP) is 4.35. The van der Waals surface area contributed by atoms with Gasteiger partial charge in [0.2, 0.25) is 0 Å². The van der Waals surface area contributed by atoms with Crippen LogP contribution in [0.1, 0.15) is 33.2 Å². The molecule has 3 N–H and O–H groups in total. The second-order valence-corrected chi connectivity index (χ2v) is 7.10. The quantitative estimate of drug-likeness (QED) is 0.327. The van der Waals surface area contributed by atoms with Gasteiger partial charge in [0.25, 0.3) is 11.8 Å². The molecule has 1 heterocycles. The first-order valence-electron chi connectivity index (χ1n) is 9.90. The van der Waals surface area contributed by atoms with Crippen LogP contribution in [0, 0.1) is 0 Å². The van der Waals surface area contributed by atoms with Gasteiger partial charge in [0.05, 0.1) is 16.8 Å². The lowest BCUT2D eigenvalue weighted by Crippen LogP contribution is -2.20. The number of rotatable bonds is 5. The Labute approximate surface area is 184 Å². The number of phenols is 1. The van der Waals surface area contributed by atoms with E-state index in [0.717, 1.165) is 10.9 Å². The van der Waals surface area contributed by atoms with Crippen molar-refractivity contribution >= 4 is 34.0 Å². The number of benzene rings is 3. The Morgan fingerprint density at radius 1 is 0.906 bits per heavy atom. The van der Waals surface area contributed by atoms with Gasteiger partial charge in [0.15, 0.2) is 0 Å². The number of hydrazone groups is 1. The second-order valence-electron chi connectivity index (χ2n) is 7.10. The van der Waals surface area contributed by atoms with Crippen LogP contribution < -0.4 is 10.7 Å². The highest BCUT2D eigenvalue weighted by Gasteiger charge is 2.15. The average Bonchev–Trinajstić information content (AvgIpc) is 2.83. The van der Waals surface area contributed by atoms with Gasteiger partial charge in [-0.3, -0.25) is 14.6 Å². The number of anilines is 1. The highest BCUT2D eigenvalue weighted by molar-refractivity contribution is 6.10. The molecule has 7 heteroatoms. The van der Waals surface area contributed by atoms with Crippen molar-refractivity contribution in [3.63, 3.8) is 0 Å². The fourth-order valence-corrected chi connectivity index (χ4v) is 3.28. The van der Waals surface area contributed by atoms with E-state index in [4.69, 9.17) is 0 Å². The van der Waals surface area contributed by atoms with Gasteiger partial charge < -0.3 is 10.4 Å². The maximum atomic E-state index is 12.7. The number of fused-ring (bicyclic) bond motifs is 1. The third-order valence-electron chi connectivity index (χ3n) is 4.92. The minimum absolute atomic E-state index is 0.117. The minimum Gasteiger partial charge on any atom is -0.507 e. The van der Waals surface area contributed by atoms with Gasteiger partial charge in [-0.2, -0.15) is 5.10 Å². The van der Waals surface area contributed by atoms with Gasteiger partial charge in [-0.1, -0.05) is 42.5 Å². The van der Waals surface area contributed by atoms with Crippen LogP contribution in [0.4, 0.5) is 5.69 Å². The maximum absolute atomic E-state index is 12.7. The van der Waals surface area contributed by atoms with E-state index in [2.05, 4.69) is 20.8 Å². The lowest BCUT2D eigenvalue weighted by molar-refractivity contribution is 0.0953. The number of nitrogens with one attached hydrogen (secondary N) is 2. The summed E-state index contributed by atoms with van der Waals surface area (Å²) < 4.78 is 0. The Bertz CT molecular complexity index is 1330. The summed E-state index contributed by atoms with van der Waals surface area (Å²) in [5.41, 5.74) is 4.97. The number of hydrogen-bond donors (Lipinski definition) is 3. The fourth-order valence-electron chi connectivity index (χ4n) is 3.28. The summed E-state index contributed by atoms with van der Waals surface area (Å²) >= 11 is 0. The maximum Gasteiger partial charge on any atom is 0.275 e. The number of aromatic nitrogens is 1. The molecule has 0 bridgehead atoms. The van der Waals surface area contributed by atoms with E-state index in [-0.39, 0.29) is 17.2 Å². The molecule has 2 amide bonds. The van der Waals surface area contributed by atoms with E-state index in [1.807, 2.05) is 18.2 Å². The molecule has 0 unspecified atom stereocenters. The number of nitrogens with zero attached hydrogens (tertiary/aromatic N) is 2. The molecule has 0 saturated carbocycles. The number of hydrogen-bond acceptors (Lipinski definition) is 5. The first-order valence-corrected chi connectivity index (χ1v) is 9.90. The summed E-state index contributed by atoms with van der Waals surface area (Å²) in [5, 5.41) is 18.7. The molecular formula is C25H20N4O3. The smallest absolute Gasteiger partial charge is 0.275 e. The molecule has 158 valence electrons. The van der Waals surface area contributed by atoms with Crippen molar-refractivity contribution in [2.45, 2.75) is 6.92 Å². The third kappa shape index (κ3) is 4.46. The van der Waals surface area contributed by atoms with Gasteiger partial charge in [0, 0.05) is 18.1 Å². The van der Waals surface area contributed by atoms with Gasteiger partial charge in [-0.25, -0.2) is 5.43 Å². The number of phenolic OH excluding ortho intramolecular Hbond substituents is 1. The van der Waals surface area contributed by atoms with Crippen molar-refractivity contribution in [3.8, 4) is 5.75 Å². The number of amides is 2. The fraction of sp³-hybridized carbons (Fsp3) is 0.0400. The zero-order valence-electron chi connectivity index (χ0n) is 17.2. The monoisotopic (exact) mass is 424 g/mol. The molecule has 0 fully saturated rings. The van der Waals surface area contributed by atoms with E-state index in [0.29, 0.717) is 22.3 Å². The zero-order valence-corrected chi connectivity index (χ0v) is 17.2. The molecule has 0 spiro atoms. The Morgan fingerprint density at radius 3 is 2.53 bits per heavy atom. The molecule has 7 nitrogen and oxygen atoms in total. The molecule has 0 saturated heterocycles. The highest BCUT2D eigenvalue weighted by atomic mass is 16.3. The summed E-state index contributed by atoms with van der Waals surface area (Å²) in [6.45, 7) is 1.74. The van der Waals surface area contributed by atoms with Crippen molar-refractivity contribution in [1.29, 1.82) is 0 Å². The van der Waals surface area contributed by atoms with E-state index in [9.17, 15) is 14.7 Å². The molecule has 0 aliphatic heterocycles. The van der Waals surface area contributed by atoms with Crippen LogP contribution in [0.5, 0.6) is 5.75 Å². The summed E-state index contributed by atoms with van der Waals surface area (Å²) in [6, 6.07) is 21.0. The van der Waals surface area contributed by atoms with Gasteiger partial charge >= 0.3 is 0 Å². The van der Waals surface area contributed by atoms with Crippen LogP contribution in [-0.4, -0.2) is 27.6 Å². The topological polar surface area (TPSA) is 104 Å². The molecular weight excluding hydrogens is 404 g/mol. The number of carbonyl (C=O) groups is 2. The first kappa shape index (κ1) is 20.7. The first-order chi connectivity index (χ1) is 15.5. The molecule has 3 aromatic carbocycles. The molecule has 0 radical (unpaired) electrons. The molecule has 32 heavy (non-hydrogen) atoms. The normalized spacial score (nSPS) is 11.2. The van der Waals surface area contributed by atoms with E-state index in [1.54, 1.807) is 61.7 Å². The van der Waals surface area contributed by atoms with E-state index >= 15 is 0 Å². The SMILES string of the molecule is C/C(=N/NC(=O)c1c(O)ccc2ccccc12)c1cccc(NC(=O)c2cccnc2)c1. The predicted molar refractivity (Wildman–Crippen MR) is 124 cm³/mol. The highest BCUT2D eigenvalue weighted by Crippen LogP contribution is 2.27. The van der Waals surface area contributed by atoms with Gasteiger partial charge in [-0.15, -0.1) is 0 Å². The van der Waals surface area contributed by atoms with Crippen LogP contribution in [-0.2, 0) is 0 Å². The number of aromatic hydroxyl groups is 1. The Morgan fingerprint density at radius 2 is 1.72 bits per heavy atom. The van der Waals surface area contributed by atoms with Crippen molar-refractivity contribution in [1.82, 2.24) is 10.4 Å². The van der Waals surface area contributed by atoms with Crippen LogP contribution in [0.3, 0.4) is 0 Å². The van der Waals surface area contributed by atoms with Gasteiger partial charge in [0.1, 0.15) is 5.75 Å². The standard InChI is InChI=1S/C25H20N4O3/c1-16(18-7-4-9-20(14-18)27-24(31)19-8-5-13-26-15-19)28-29-25(32)23-21-10-3-2-6-17(21)11-12-22(23)30/h2-15,30H,1H3,(H,27,31)(H,29,32)/b28-16-. The van der Waals surface area contributed by atoms with Crippen molar-refractivity contribution < 1.29 is 14.7 Å². The van der Waals surface area contributed by atoms with Gasteiger partial charge in [-0.05, 0) is 53.6 Å². The molecule has 0 aliphatic carbocycles. The lowest BCUT2D eigenvalue weighted by atomic mass is 10.0. The van der Waals surface area contributed by atoms with Crippen molar-refractivity contribution in [3.05, 3.63) is 102 Å². The Hall–Kier alpha value is -4.52. The number of pyridine rings is 1. The lowest BCUT2D eigenvalue weighted by Gasteiger charge is -2.09. The van der Waals surface area contributed by atoms with Crippen LogP contribution in [0.25, 0.3) is 10.8 Å². The van der Waals surface area contributed by atoms with E-state index in [1.165, 1.54) is 12.3 Å². The Balaban J connectivity index is 1.52. The van der Waals surface area contributed by atoms with E-state index < -0.39 is 5.91 Å². The third-order valence-corrected chi connectivity index (χ3v) is 4.92. The van der Waals surface area contributed by atoms with Crippen molar-refractivity contribution in [2.75, 3.05) is 5.32 Å². The molecule has 0 aliphatic rings. The zero-order chi connectivity index (χ0) is 22.5. The molecule has 1 aromatic heterocycles. The summed E-state index contributed by atoms with van der Waals surface area (Å²) in [6.07, 6.45) is 3.09. The van der Waals surface area contributed by atoms with Crippen LogP contribution >= 0.6 is 0 Å².